The van der Waals surface area contributed by atoms with Gasteiger partial charge in [0.2, 0.25) is 17.7 Å². The second-order valence-electron chi connectivity index (χ2n) is 9.73. The molecule has 184 valence electrons. The minimum Gasteiger partial charge on any atom is -0.508 e. The average molecular weight is 465 g/mol. The van der Waals surface area contributed by atoms with Gasteiger partial charge in [-0.2, -0.15) is 0 Å². The van der Waals surface area contributed by atoms with Crippen LogP contribution in [0.3, 0.4) is 0 Å². The molecule has 0 spiro atoms. The Morgan fingerprint density at radius 1 is 1.06 bits per heavy atom. The summed E-state index contributed by atoms with van der Waals surface area (Å²) in [5.41, 5.74) is 4.35. The number of hydrogen-bond acceptors (Lipinski definition) is 6. The van der Waals surface area contributed by atoms with E-state index in [1.807, 2.05) is 0 Å². The van der Waals surface area contributed by atoms with Crippen LogP contribution < -0.4 is 16.4 Å². The summed E-state index contributed by atoms with van der Waals surface area (Å²) in [6.07, 6.45) is -1.36. The molecule has 0 aromatic heterocycles. The highest BCUT2D eigenvalue weighted by Gasteiger charge is 2.37. The average Bonchev–Trinajstić information content (AvgIpc) is 2.62. The van der Waals surface area contributed by atoms with Crippen molar-refractivity contribution >= 4 is 23.8 Å². The lowest BCUT2D eigenvalue weighted by molar-refractivity contribution is -0.143. The third-order valence-electron chi connectivity index (χ3n) is 4.29. The number of carbonyl (C=O) groups is 4. The van der Waals surface area contributed by atoms with Crippen molar-refractivity contribution in [3.8, 4) is 5.75 Å². The molecule has 5 N–H and O–H groups in total. The van der Waals surface area contributed by atoms with Gasteiger partial charge < -0.3 is 31.1 Å². The van der Waals surface area contributed by atoms with Gasteiger partial charge in [-0.05, 0) is 66.2 Å². The number of aromatic hydroxyl groups is 1. The Balaban J connectivity index is 3.37. The smallest absolute Gasteiger partial charge is 0.408 e. The molecule has 0 bridgehead atoms. The molecule has 0 heterocycles. The maximum Gasteiger partial charge on any atom is 0.408 e. The van der Waals surface area contributed by atoms with Crippen molar-refractivity contribution in [2.75, 3.05) is 6.54 Å². The Morgan fingerprint density at radius 3 is 2.03 bits per heavy atom. The molecule has 0 aliphatic rings. The summed E-state index contributed by atoms with van der Waals surface area (Å²) < 4.78 is 5.20. The number of carbonyl (C=O) groups excluding carboxylic acids is 4. The van der Waals surface area contributed by atoms with Crippen LogP contribution in [0.1, 0.15) is 66.5 Å². The first-order valence-corrected chi connectivity index (χ1v) is 10.7. The summed E-state index contributed by atoms with van der Waals surface area (Å²) in [7, 11) is 0. The van der Waals surface area contributed by atoms with Crippen molar-refractivity contribution < 1.29 is 29.0 Å². The zero-order chi connectivity index (χ0) is 25.6. The second kappa shape index (κ2) is 11.0. The highest BCUT2D eigenvalue weighted by Crippen LogP contribution is 2.25. The molecule has 0 aliphatic heterocycles. The first kappa shape index (κ1) is 27.7. The summed E-state index contributed by atoms with van der Waals surface area (Å²) in [6.45, 7) is 12.1. The predicted molar refractivity (Wildman–Crippen MR) is 123 cm³/mol. The zero-order valence-corrected chi connectivity index (χ0v) is 20.4. The van der Waals surface area contributed by atoms with Crippen LogP contribution in [0.5, 0.6) is 5.75 Å². The molecule has 2 atom stereocenters. The Kier molecular flexibility index (Phi) is 9.26. The lowest BCUT2D eigenvalue weighted by atomic mass is 10.00. The third kappa shape index (κ3) is 9.38. The molecule has 10 heteroatoms. The monoisotopic (exact) mass is 464 g/mol. The van der Waals surface area contributed by atoms with Gasteiger partial charge in [-0.3, -0.25) is 14.4 Å². The number of nitrogens with one attached hydrogen (secondary N) is 2. The summed E-state index contributed by atoms with van der Waals surface area (Å²) in [5, 5.41) is 14.9. The van der Waals surface area contributed by atoms with Crippen LogP contribution in [0.15, 0.2) is 24.3 Å². The van der Waals surface area contributed by atoms with E-state index in [0.29, 0.717) is 5.56 Å². The number of nitrogens with zero attached hydrogens (tertiary/aromatic N) is 1. The minimum absolute atomic E-state index is 0.00121. The summed E-state index contributed by atoms with van der Waals surface area (Å²) in [4.78, 5) is 51.9. The molecule has 1 rings (SSSR count). The van der Waals surface area contributed by atoms with Crippen molar-refractivity contribution in [1.82, 2.24) is 15.5 Å². The van der Waals surface area contributed by atoms with Crippen LogP contribution in [0.2, 0.25) is 0 Å². The predicted octanol–water partition coefficient (Wildman–Crippen LogP) is 1.97. The molecular formula is C23H36N4O6. The maximum absolute atomic E-state index is 13.5. The number of likely N-dealkylation sites (N-methyl/N-ethyl adjacent to an activating group) is 1. The Bertz CT molecular complexity index is 855. The van der Waals surface area contributed by atoms with Gasteiger partial charge in [-0.25, -0.2) is 4.79 Å². The van der Waals surface area contributed by atoms with Gasteiger partial charge in [0.1, 0.15) is 23.4 Å². The minimum atomic E-state index is -1.33. The van der Waals surface area contributed by atoms with Gasteiger partial charge in [0.05, 0.1) is 6.42 Å². The molecule has 4 amide bonds. The van der Waals surface area contributed by atoms with E-state index < -0.39 is 53.5 Å². The molecule has 1 aromatic rings. The standard InChI is InChI=1S/C23H36N4O6/c1-8-27(20(31)16(13-17(24)29)25-21(32)33-23(5,6)7)18(19(30)26-22(2,3)4)14-9-11-15(28)12-10-14/h9-12,16,18,28H,8,13H2,1-7H3,(H2,24,29)(H,25,32)(H,26,30). The molecule has 10 nitrogen and oxygen atoms in total. The Labute approximate surface area is 194 Å². The van der Waals surface area contributed by atoms with Crippen molar-refractivity contribution in [3.05, 3.63) is 29.8 Å². The topological polar surface area (TPSA) is 151 Å². The van der Waals surface area contributed by atoms with E-state index >= 15 is 0 Å². The number of primary amides is 1. The largest absolute Gasteiger partial charge is 0.508 e. The van der Waals surface area contributed by atoms with Gasteiger partial charge in [0.25, 0.3) is 0 Å². The van der Waals surface area contributed by atoms with Crippen LogP contribution in [-0.4, -0.2) is 57.5 Å². The highest BCUT2D eigenvalue weighted by atomic mass is 16.6. The number of phenols is 1. The first-order valence-electron chi connectivity index (χ1n) is 10.7. The van der Waals surface area contributed by atoms with E-state index in [9.17, 15) is 24.3 Å². The van der Waals surface area contributed by atoms with Gasteiger partial charge in [-0.15, -0.1) is 0 Å². The van der Waals surface area contributed by atoms with Gasteiger partial charge in [-0.1, -0.05) is 12.1 Å². The van der Waals surface area contributed by atoms with Crippen LogP contribution in [0, 0.1) is 0 Å². The summed E-state index contributed by atoms with van der Waals surface area (Å²) in [5.74, 6) is -1.94. The maximum atomic E-state index is 13.5. The number of benzene rings is 1. The summed E-state index contributed by atoms with van der Waals surface area (Å²) >= 11 is 0. The van der Waals surface area contributed by atoms with E-state index in [4.69, 9.17) is 10.5 Å². The number of alkyl carbamates (subject to hydrolysis) is 1. The molecule has 0 radical (unpaired) electrons. The van der Waals surface area contributed by atoms with E-state index in [1.165, 1.54) is 29.2 Å². The Morgan fingerprint density at radius 2 is 1.61 bits per heavy atom. The quantitative estimate of drug-likeness (QED) is 0.462. The second-order valence-corrected chi connectivity index (χ2v) is 9.73. The Hall–Kier alpha value is -3.30. The zero-order valence-electron chi connectivity index (χ0n) is 20.4. The molecule has 0 fully saturated rings. The number of phenolic OH excluding ortho intramolecular Hbond substituents is 1. The van der Waals surface area contributed by atoms with E-state index in [-0.39, 0.29) is 12.3 Å². The third-order valence-corrected chi connectivity index (χ3v) is 4.29. The molecule has 2 unspecified atom stereocenters. The highest BCUT2D eigenvalue weighted by molar-refractivity contribution is 5.94. The van der Waals surface area contributed by atoms with Gasteiger partial charge in [0, 0.05) is 12.1 Å². The molecular weight excluding hydrogens is 428 g/mol. The van der Waals surface area contributed by atoms with Gasteiger partial charge >= 0.3 is 6.09 Å². The number of rotatable bonds is 8. The number of nitrogens with two attached hydrogens (primary N) is 1. The fourth-order valence-electron chi connectivity index (χ4n) is 3.08. The van der Waals surface area contributed by atoms with Crippen LogP contribution in [0.4, 0.5) is 4.79 Å². The van der Waals surface area contributed by atoms with Crippen molar-refractivity contribution in [2.24, 2.45) is 5.73 Å². The normalized spacial score (nSPS) is 13.4. The molecule has 1 aromatic carbocycles. The van der Waals surface area contributed by atoms with Crippen molar-refractivity contribution in [1.29, 1.82) is 0 Å². The van der Waals surface area contributed by atoms with E-state index in [2.05, 4.69) is 10.6 Å². The van der Waals surface area contributed by atoms with E-state index in [1.54, 1.807) is 48.5 Å². The lowest BCUT2D eigenvalue weighted by Gasteiger charge is -2.35. The fourth-order valence-corrected chi connectivity index (χ4v) is 3.08. The van der Waals surface area contributed by atoms with Crippen LogP contribution in [0.25, 0.3) is 0 Å². The first-order chi connectivity index (χ1) is 15.0. The number of amides is 4. The summed E-state index contributed by atoms with van der Waals surface area (Å²) in [6, 6.07) is 3.46. The molecule has 33 heavy (non-hydrogen) atoms. The van der Waals surface area contributed by atoms with E-state index in [0.717, 1.165) is 0 Å². The fraction of sp³-hybridized carbons (Fsp3) is 0.565. The van der Waals surface area contributed by atoms with Crippen molar-refractivity contribution in [2.45, 2.75) is 78.1 Å². The number of hydrogen-bond donors (Lipinski definition) is 4. The van der Waals surface area contributed by atoms with Crippen LogP contribution in [-0.2, 0) is 19.1 Å². The van der Waals surface area contributed by atoms with Crippen molar-refractivity contribution in [3.63, 3.8) is 0 Å². The molecule has 0 aliphatic carbocycles. The van der Waals surface area contributed by atoms with Crippen LogP contribution >= 0.6 is 0 Å². The number of ether oxygens (including phenoxy) is 1. The lowest BCUT2D eigenvalue weighted by Crippen LogP contribution is -2.55. The molecule has 0 saturated heterocycles. The van der Waals surface area contributed by atoms with Gasteiger partial charge in [0.15, 0.2) is 0 Å². The SMILES string of the molecule is CCN(C(=O)C(CC(N)=O)NC(=O)OC(C)(C)C)C(C(=O)NC(C)(C)C)c1ccc(O)cc1. The molecule has 0 saturated carbocycles.